The number of hydrogen-bond donors (Lipinski definition) is 3. The summed E-state index contributed by atoms with van der Waals surface area (Å²) in [5, 5.41) is 31.8. The first-order valence-electron chi connectivity index (χ1n) is 25.2. The zero-order valence-corrected chi connectivity index (χ0v) is 48.7. The van der Waals surface area contributed by atoms with Crippen molar-refractivity contribution in [2.24, 2.45) is 42.2 Å². The quantitative estimate of drug-likeness (QED) is 0.0980. The van der Waals surface area contributed by atoms with Crippen molar-refractivity contribution in [2.45, 2.75) is 94.6 Å². The van der Waals surface area contributed by atoms with E-state index in [9.17, 15) is 0 Å². The van der Waals surface area contributed by atoms with E-state index >= 15 is 0 Å². The molecule has 4 atom stereocenters. The molecule has 3 aromatic heterocycles. The van der Waals surface area contributed by atoms with Gasteiger partial charge in [-0.25, -0.2) is 14.8 Å². The van der Waals surface area contributed by atoms with Crippen LogP contribution in [0.1, 0.15) is 98.9 Å². The van der Waals surface area contributed by atoms with Gasteiger partial charge in [-0.15, -0.1) is 34.0 Å². The van der Waals surface area contributed by atoms with E-state index < -0.39 is 5.54 Å². The van der Waals surface area contributed by atoms with Gasteiger partial charge in [-0.3, -0.25) is 19.9 Å². The molecule has 3 aromatic carbocycles. The van der Waals surface area contributed by atoms with Crippen molar-refractivity contribution in [1.29, 1.82) is 15.8 Å². The summed E-state index contributed by atoms with van der Waals surface area (Å²) >= 11 is 11.3. The first-order valence-corrected chi connectivity index (χ1v) is 29.5. The van der Waals surface area contributed by atoms with Gasteiger partial charge in [0.2, 0.25) is 0 Å². The van der Waals surface area contributed by atoms with Crippen molar-refractivity contribution in [3.05, 3.63) is 144 Å². The van der Waals surface area contributed by atoms with E-state index in [1.54, 1.807) is 39.0 Å². The van der Waals surface area contributed by atoms with Gasteiger partial charge in [0.25, 0.3) is 0 Å². The molecule has 0 radical (unpaired) electrons. The highest BCUT2D eigenvalue weighted by Gasteiger charge is 2.46. The van der Waals surface area contributed by atoms with Crippen molar-refractivity contribution in [1.82, 2.24) is 9.80 Å². The third-order valence-electron chi connectivity index (χ3n) is 13.8. The molecule has 0 saturated carbocycles. The number of aliphatic imine (C=N–C) groups is 5. The van der Waals surface area contributed by atoms with Gasteiger partial charge in [-0.05, 0) is 151 Å². The summed E-state index contributed by atoms with van der Waals surface area (Å²) in [6.07, 6.45) is 7.13. The summed E-state index contributed by atoms with van der Waals surface area (Å²) < 4.78 is 0. The Bertz CT molecular complexity index is 3450. The maximum atomic E-state index is 9.13. The first-order chi connectivity index (χ1) is 37.1. The number of nitrogens with zero attached hydrogens (tertiary/aromatic N) is 11. The molecule has 0 bridgehead atoms. The second-order valence-corrected chi connectivity index (χ2v) is 23.7. The molecule has 6 aromatic rings. The summed E-state index contributed by atoms with van der Waals surface area (Å²) in [6, 6.07) is 33.9. The number of guanidine groups is 2. The Morgan fingerprint density at radius 3 is 1.90 bits per heavy atom. The molecule has 11 rings (SSSR count). The first kappa shape index (κ1) is 58.9. The zero-order chi connectivity index (χ0) is 54.7. The Kier molecular flexibility index (Phi) is 19.8. The number of nitrogens with two attached hydrogens (primary N) is 3. The van der Waals surface area contributed by atoms with Crippen LogP contribution in [0.25, 0.3) is 38.2 Å². The maximum Gasteiger partial charge on any atom is 0.197 e. The largest absolute Gasteiger partial charge is 0.369 e. The van der Waals surface area contributed by atoms with Crippen molar-refractivity contribution in [2.75, 3.05) is 32.7 Å². The third kappa shape index (κ3) is 13.5. The number of rotatable bonds is 8. The van der Waals surface area contributed by atoms with Gasteiger partial charge in [0.05, 0.1) is 35.4 Å². The van der Waals surface area contributed by atoms with Crippen molar-refractivity contribution >= 4 is 101 Å². The number of benzene rings is 3. The molecule has 6 N–H and O–H groups in total. The fraction of sp³-hybridized carbons (Fsp3) is 0.339. The topological polar surface area (TPSA) is 222 Å². The van der Waals surface area contributed by atoms with Crippen LogP contribution >= 0.6 is 65.9 Å². The molecular formula is C59H62Br2N14S3. The smallest absolute Gasteiger partial charge is 0.197 e. The van der Waals surface area contributed by atoms with Crippen LogP contribution in [-0.4, -0.2) is 76.7 Å². The summed E-state index contributed by atoms with van der Waals surface area (Å²) in [6.45, 7) is 17.9. The molecule has 14 nitrogen and oxygen atoms in total. The molecule has 1 unspecified atom stereocenters. The molecule has 78 heavy (non-hydrogen) atoms. The van der Waals surface area contributed by atoms with Gasteiger partial charge in [0.1, 0.15) is 32.6 Å². The molecule has 5 aliphatic rings. The summed E-state index contributed by atoms with van der Waals surface area (Å²) in [5.41, 5.74) is 27.6. The molecular weight excluding hydrogens is 1160 g/mol. The summed E-state index contributed by atoms with van der Waals surface area (Å²) in [4.78, 5) is 36.2. The molecule has 400 valence electrons. The predicted molar refractivity (Wildman–Crippen MR) is 331 cm³/mol. The Balaban J connectivity index is 0.000000165. The van der Waals surface area contributed by atoms with E-state index in [-0.39, 0.29) is 23.3 Å². The lowest BCUT2D eigenvalue weighted by molar-refractivity contribution is 0.429. The van der Waals surface area contributed by atoms with Crippen LogP contribution in [0.15, 0.2) is 132 Å². The maximum absolute atomic E-state index is 9.13. The fourth-order valence-electron chi connectivity index (χ4n) is 9.72. The number of nitriles is 3. The van der Waals surface area contributed by atoms with Crippen LogP contribution in [0.2, 0.25) is 0 Å². The molecule has 0 amide bonds. The minimum atomic E-state index is -0.507. The van der Waals surface area contributed by atoms with Crippen LogP contribution < -0.4 is 17.2 Å². The second-order valence-electron chi connectivity index (χ2n) is 19.7. The SMILES string of the molecule is C.C[C@@]1(c2cc(-c3cccc(C#N)c3)cs2)CC2=NCCCN2C(N)=N1.C[C@]1(c2cc(-c3cccc(C#N)c3)cs2)N=C(N)N2CCCN=C2C1Br.N#CBr.[C-]#[N+]c1cccc(-c2csc([C@@](C)(N)CC3=NCCCC3)c2)c1. The van der Waals surface area contributed by atoms with E-state index in [2.05, 4.69) is 114 Å². The lowest BCUT2D eigenvalue weighted by Gasteiger charge is -2.42. The van der Waals surface area contributed by atoms with Gasteiger partial charge in [-0.2, -0.15) is 15.8 Å². The predicted octanol–water partition coefficient (Wildman–Crippen LogP) is 13.7. The zero-order valence-electron chi connectivity index (χ0n) is 43.1. The number of amidine groups is 2. The summed E-state index contributed by atoms with van der Waals surface area (Å²) in [7, 11) is 0. The number of halogens is 2. The Labute approximate surface area is 487 Å². The minimum absolute atomic E-state index is 0. The lowest BCUT2D eigenvalue weighted by Crippen LogP contribution is -2.57. The van der Waals surface area contributed by atoms with Crippen LogP contribution in [0.5, 0.6) is 0 Å². The molecule has 0 aliphatic carbocycles. The third-order valence-corrected chi connectivity index (χ3v) is 18.7. The Morgan fingerprint density at radius 1 is 0.718 bits per heavy atom. The number of hydrogen-bond acceptors (Lipinski definition) is 16. The number of alkyl halides is 1. The van der Waals surface area contributed by atoms with Gasteiger partial charge in [-0.1, -0.05) is 65.8 Å². The molecule has 8 heterocycles. The van der Waals surface area contributed by atoms with E-state index in [4.69, 9.17) is 54.5 Å². The molecule has 0 fully saturated rings. The highest BCUT2D eigenvalue weighted by Crippen LogP contribution is 2.44. The van der Waals surface area contributed by atoms with E-state index in [0.29, 0.717) is 28.7 Å². The van der Waals surface area contributed by atoms with Crippen molar-refractivity contribution in [3.63, 3.8) is 0 Å². The van der Waals surface area contributed by atoms with Crippen LogP contribution in [0.3, 0.4) is 0 Å². The van der Waals surface area contributed by atoms with Crippen molar-refractivity contribution in [3.8, 4) is 50.5 Å². The molecule has 0 spiro atoms. The Morgan fingerprint density at radius 2 is 1.27 bits per heavy atom. The number of fused-ring (bicyclic) bond motifs is 2. The molecule has 19 heteroatoms. The van der Waals surface area contributed by atoms with Crippen molar-refractivity contribution < 1.29 is 0 Å². The average Bonchev–Trinajstić information content (AvgIpc) is 4.28. The minimum Gasteiger partial charge on any atom is -0.369 e. The molecule has 0 saturated heterocycles. The van der Waals surface area contributed by atoms with E-state index in [0.717, 1.165) is 115 Å². The lowest BCUT2D eigenvalue weighted by atomic mass is 9.90. The number of thiophene rings is 3. The summed E-state index contributed by atoms with van der Waals surface area (Å²) in [5.74, 6) is 3.10. The molecule has 5 aliphatic heterocycles. The van der Waals surface area contributed by atoms with Gasteiger partial charge >= 0.3 is 0 Å². The van der Waals surface area contributed by atoms with Crippen LogP contribution in [-0.2, 0) is 16.6 Å². The standard InChI is InChI=1S/C19H18BrN5S.C19H19N5S.C19H21N3S.CBrN.CH4/c1-19(16(20)17-23-6-3-7-25(17)18(22)24-19)15-9-14(11-26-15)13-5-2-4-12(8-13)10-21;1-19(10-17-22-6-3-7-24(17)18(21)23-19)16-9-15(12-25-16)14-5-2-4-13(8-14)11-20;1-19(20,12-17-7-3-4-9-22-17)18-11-15(13-23-18)14-6-5-8-16(10-14)21-2;2-1-3;/h2,4-5,8-9,11,16H,3,6-7H2,1H3,(H2,22,24);2,4-5,8-9,12H,3,6-7,10H2,1H3,(H2,21,23);5-6,8,10-11,13H,3-4,7,9,12,20H2,1H3;;1H4/t16?,19-;2*19-;;/m100../s1. The fourth-order valence-corrected chi connectivity index (χ4v) is 13.7. The second kappa shape index (κ2) is 26.2. The van der Waals surface area contributed by atoms with Crippen LogP contribution in [0, 0.1) is 39.5 Å². The van der Waals surface area contributed by atoms with Gasteiger partial charge < -0.3 is 22.1 Å². The van der Waals surface area contributed by atoms with Crippen LogP contribution in [0.4, 0.5) is 5.69 Å². The van der Waals surface area contributed by atoms with E-state index in [1.165, 1.54) is 28.3 Å². The van der Waals surface area contributed by atoms with E-state index in [1.807, 2.05) is 82.6 Å². The van der Waals surface area contributed by atoms with Gasteiger partial charge in [0, 0.05) is 81.8 Å². The highest BCUT2D eigenvalue weighted by atomic mass is 79.9. The highest BCUT2D eigenvalue weighted by molar-refractivity contribution is 9.12. The average molecular weight is 1220 g/mol. The monoisotopic (exact) mass is 1220 g/mol. The Hall–Kier alpha value is -6.81. The normalized spacial score (nSPS) is 20.8. The van der Waals surface area contributed by atoms with Gasteiger partial charge in [0.15, 0.2) is 17.6 Å².